The number of carbonyl (C=O) groups excluding carboxylic acids is 1. The summed E-state index contributed by atoms with van der Waals surface area (Å²) < 4.78 is 6.12. The van der Waals surface area contributed by atoms with E-state index in [1.54, 1.807) is 7.11 Å². The molecular weight excluding hydrogens is 270 g/mol. The molecule has 1 aliphatic heterocycles. The normalized spacial score (nSPS) is 20.2. The lowest BCUT2D eigenvalue weighted by atomic mass is 9.87. The Morgan fingerprint density at radius 1 is 1.44 bits per heavy atom. The van der Waals surface area contributed by atoms with Crippen molar-refractivity contribution in [3.8, 4) is 5.75 Å². The van der Waals surface area contributed by atoms with Crippen LogP contribution in [0.2, 0.25) is 0 Å². The minimum Gasteiger partial charge on any atom is -0.496 e. The average molecular weight is 282 g/mol. The maximum absolute atomic E-state index is 11.8. The van der Waals surface area contributed by atoms with Crippen LogP contribution in [0.5, 0.6) is 5.75 Å². The molecule has 1 amide bonds. The third kappa shape index (κ3) is 1.29. The fraction of sp³-hybridized carbons (Fsp3) is 0.417. The Labute approximate surface area is 102 Å². The van der Waals surface area contributed by atoms with E-state index in [-0.39, 0.29) is 11.3 Å². The molecule has 1 aromatic rings. The van der Waals surface area contributed by atoms with E-state index < -0.39 is 0 Å². The van der Waals surface area contributed by atoms with E-state index in [0.29, 0.717) is 0 Å². The van der Waals surface area contributed by atoms with Crippen LogP contribution < -0.4 is 10.1 Å². The molecule has 3 nitrogen and oxygen atoms in total. The summed E-state index contributed by atoms with van der Waals surface area (Å²) in [4.78, 5) is 11.8. The molecule has 0 saturated heterocycles. The lowest BCUT2D eigenvalue weighted by Gasteiger charge is -2.26. The molecule has 0 atom stereocenters. The van der Waals surface area contributed by atoms with E-state index in [2.05, 4.69) is 21.2 Å². The van der Waals surface area contributed by atoms with Crippen LogP contribution in [-0.4, -0.2) is 19.6 Å². The van der Waals surface area contributed by atoms with Crippen molar-refractivity contribution in [2.24, 2.45) is 0 Å². The molecule has 1 saturated carbocycles. The first-order valence-electron chi connectivity index (χ1n) is 5.32. The van der Waals surface area contributed by atoms with Crippen LogP contribution >= 0.6 is 15.9 Å². The minimum atomic E-state index is 0.0240. The molecule has 84 valence electrons. The summed E-state index contributed by atoms with van der Waals surface area (Å²) >= 11 is 3.42. The molecule has 0 radical (unpaired) electrons. The molecule has 0 aromatic heterocycles. The van der Waals surface area contributed by atoms with Gasteiger partial charge in [-0.1, -0.05) is 0 Å². The molecule has 1 aromatic carbocycles. The first kappa shape index (κ1) is 10.1. The highest BCUT2D eigenvalue weighted by Gasteiger charge is 2.49. The van der Waals surface area contributed by atoms with Gasteiger partial charge in [-0.2, -0.15) is 0 Å². The van der Waals surface area contributed by atoms with E-state index in [9.17, 15) is 4.79 Å². The van der Waals surface area contributed by atoms with Crippen molar-refractivity contribution in [2.45, 2.75) is 18.3 Å². The molecular formula is C12H12BrNO2. The number of hydrogen-bond acceptors (Lipinski definition) is 2. The van der Waals surface area contributed by atoms with Gasteiger partial charge in [0.1, 0.15) is 5.75 Å². The highest BCUT2D eigenvalue weighted by Crippen LogP contribution is 2.52. The molecule has 1 spiro atoms. The molecule has 1 aliphatic carbocycles. The lowest BCUT2D eigenvalue weighted by Crippen LogP contribution is -2.39. The van der Waals surface area contributed by atoms with E-state index in [1.807, 2.05) is 12.1 Å². The van der Waals surface area contributed by atoms with Crippen LogP contribution in [-0.2, 0) is 5.41 Å². The Kier molecular flexibility index (Phi) is 2.05. The fourth-order valence-corrected chi connectivity index (χ4v) is 2.88. The van der Waals surface area contributed by atoms with Crippen molar-refractivity contribution in [1.29, 1.82) is 0 Å². The lowest BCUT2D eigenvalue weighted by molar-refractivity contribution is 0.0937. The van der Waals surface area contributed by atoms with Gasteiger partial charge in [0.2, 0.25) is 0 Å². The maximum Gasteiger partial charge on any atom is 0.251 e. The minimum absolute atomic E-state index is 0.0240. The number of benzene rings is 1. The molecule has 0 bridgehead atoms. The first-order valence-corrected chi connectivity index (χ1v) is 6.12. The Morgan fingerprint density at radius 2 is 2.19 bits per heavy atom. The monoisotopic (exact) mass is 281 g/mol. The summed E-state index contributed by atoms with van der Waals surface area (Å²) in [6.45, 7) is 0.767. The average Bonchev–Trinajstić information content (AvgIpc) is 3.05. The van der Waals surface area contributed by atoms with Gasteiger partial charge in [-0.3, -0.25) is 4.79 Å². The van der Waals surface area contributed by atoms with Crippen LogP contribution in [0, 0.1) is 0 Å². The molecule has 1 fully saturated rings. The largest absolute Gasteiger partial charge is 0.496 e. The number of methoxy groups -OCH3 is 1. The molecule has 3 rings (SSSR count). The van der Waals surface area contributed by atoms with Crippen LogP contribution in [0.4, 0.5) is 0 Å². The number of rotatable bonds is 1. The van der Waals surface area contributed by atoms with Gasteiger partial charge in [0.25, 0.3) is 5.91 Å². The topological polar surface area (TPSA) is 38.3 Å². The van der Waals surface area contributed by atoms with Crippen molar-refractivity contribution in [1.82, 2.24) is 5.32 Å². The molecule has 1 N–H and O–H groups in total. The molecule has 0 unspecified atom stereocenters. The second-order valence-electron chi connectivity index (χ2n) is 4.50. The van der Waals surface area contributed by atoms with Crippen molar-refractivity contribution in [2.75, 3.05) is 13.7 Å². The van der Waals surface area contributed by atoms with E-state index in [4.69, 9.17) is 4.74 Å². The van der Waals surface area contributed by atoms with E-state index in [0.717, 1.165) is 40.7 Å². The summed E-state index contributed by atoms with van der Waals surface area (Å²) in [6.07, 6.45) is 2.32. The Bertz CT molecular complexity index is 480. The number of halogens is 1. The van der Waals surface area contributed by atoms with Crippen molar-refractivity contribution in [3.05, 3.63) is 27.7 Å². The molecule has 4 heteroatoms. The van der Waals surface area contributed by atoms with Gasteiger partial charge in [-0.05, 0) is 46.5 Å². The van der Waals surface area contributed by atoms with Crippen LogP contribution in [0.25, 0.3) is 0 Å². The van der Waals surface area contributed by atoms with E-state index >= 15 is 0 Å². The van der Waals surface area contributed by atoms with Crippen LogP contribution in [0.1, 0.15) is 28.8 Å². The zero-order valence-electron chi connectivity index (χ0n) is 8.97. The maximum atomic E-state index is 11.8. The van der Waals surface area contributed by atoms with Gasteiger partial charge in [-0.15, -0.1) is 0 Å². The zero-order valence-corrected chi connectivity index (χ0v) is 10.6. The Morgan fingerprint density at radius 3 is 2.81 bits per heavy atom. The highest BCUT2D eigenvalue weighted by atomic mass is 79.9. The third-order valence-corrected chi connectivity index (χ3v) is 4.17. The molecule has 2 aliphatic rings. The summed E-state index contributed by atoms with van der Waals surface area (Å²) in [7, 11) is 1.65. The second-order valence-corrected chi connectivity index (χ2v) is 5.35. The standard InChI is InChI=1S/C12H12BrNO2/c1-16-10-5-8-7(4-9(10)13)11(15)14-6-12(8)2-3-12/h4-5H,2-3,6H2,1H3,(H,14,15). The molecule has 16 heavy (non-hydrogen) atoms. The van der Waals surface area contributed by atoms with Crippen molar-refractivity contribution >= 4 is 21.8 Å². The van der Waals surface area contributed by atoms with Crippen LogP contribution in [0.3, 0.4) is 0 Å². The number of ether oxygens (including phenoxy) is 1. The van der Waals surface area contributed by atoms with Crippen molar-refractivity contribution < 1.29 is 9.53 Å². The second kappa shape index (κ2) is 3.23. The highest BCUT2D eigenvalue weighted by molar-refractivity contribution is 9.10. The number of nitrogens with one attached hydrogen (secondary N) is 1. The predicted molar refractivity (Wildman–Crippen MR) is 63.9 cm³/mol. The summed E-state index contributed by atoms with van der Waals surface area (Å²) in [5, 5.41) is 2.96. The summed E-state index contributed by atoms with van der Waals surface area (Å²) in [5.41, 5.74) is 2.13. The number of hydrogen-bond donors (Lipinski definition) is 1. The summed E-state index contributed by atoms with van der Waals surface area (Å²) in [5.74, 6) is 0.829. The number of amides is 1. The number of fused-ring (bicyclic) bond motifs is 2. The fourth-order valence-electron chi connectivity index (χ4n) is 2.37. The van der Waals surface area contributed by atoms with Gasteiger partial charge in [-0.25, -0.2) is 0 Å². The van der Waals surface area contributed by atoms with Gasteiger partial charge in [0, 0.05) is 17.5 Å². The van der Waals surface area contributed by atoms with Crippen LogP contribution in [0.15, 0.2) is 16.6 Å². The first-order chi connectivity index (χ1) is 7.66. The summed E-state index contributed by atoms with van der Waals surface area (Å²) in [6, 6.07) is 3.87. The van der Waals surface area contributed by atoms with Gasteiger partial charge >= 0.3 is 0 Å². The smallest absolute Gasteiger partial charge is 0.251 e. The SMILES string of the molecule is COc1cc2c(cc1Br)C(=O)NCC21CC1. The van der Waals surface area contributed by atoms with Gasteiger partial charge < -0.3 is 10.1 Å². The quantitative estimate of drug-likeness (QED) is 0.857. The Hall–Kier alpha value is -1.03. The van der Waals surface area contributed by atoms with Gasteiger partial charge in [0.15, 0.2) is 0 Å². The van der Waals surface area contributed by atoms with Gasteiger partial charge in [0.05, 0.1) is 11.6 Å². The Balaban J connectivity index is 2.21. The number of carbonyl (C=O) groups is 1. The molecule has 1 heterocycles. The zero-order chi connectivity index (χ0) is 11.3. The predicted octanol–water partition coefficient (Wildman–Crippen LogP) is 2.23. The third-order valence-electron chi connectivity index (χ3n) is 3.55. The van der Waals surface area contributed by atoms with E-state index in [1.165, 1.54) is 0 Å². The van der Waals surface area contributed by atoms with Crippen molar-refractivity contribution in [3.63, 3.8) is 0 Å².